The van der Waals surface area contributed by atoms with Crippen LogP contribution < -0.4 is 0 Å². The maximum Gasteiger partial charge on any atom is 0.184 e. The van der Waals surface area contributed by atoms with Crippen LogP contribution in [0.3, 0.4) is 0 Å². The summed E-state index contributed by atoms with van der Waals surface area (Å²) in [6, 6.07) is 0. The minimum atomic E-state index is -0.827. The molecule has 0 aromatic heterocycles. The third kappa shape index (κ3) is 2.66. The monoisotopic (exact) mass is 344 g/mol. The van der Waals surface area contributed by atoms with Crippen LogP contribution in [-0.4, -0.2) is 28.7 Å². The van der Waals surface area contributed by atoms with Crippen molar-refractivity contribution >= 4 is 5.78 Å². The van der Waals surface area contributed by atoms with Crippen LogP contribution in [0.15, 0.2) is 22.8 Å². The van der Waals surface area contributed by atoms with Gasteiger partial charge in [-0.1, -0.05) is 19.4 Å². The van der Waals surface area contributed by atoms with Crippen molar-refractivity contribution in [1.82, 2.24) is 0 Å². The zero-order valence-corrected chi connectivity index (χ0v) is 15.6. The Morgan fingerprint density at radius 2 is 2.12 bits per heavy atom. The van der Waals surface area contributed by atoms with E-state index in [0.29, 0.717) is 30.3 Å². The number of fused-ring (bicyclic) bond motifs is 4. The molecule has 4 rings (SSSR count). The molecule has 25 heavy (non-hydrogen) atoms. The number of aliphatic hydroxyl groups is 2. The van der Waals surface area contributed by atoms with Crippen molar-refractivity contribution < 1.29 is 15.0 Å². The van der Waals surface area contributed by atoms with Gasteiger partial charge in [-0.3, -0.25) is 4.79 Å². The highest BCUT2D eigenvalue weighted by Crippen LogP contribution is 2.63. The van der Waals surface area contributed by atoms with E-state index in [1.807, 2.05) is 0 Å². The van der Waals surface area contributed by atoms with Crippen LogP contribution in [0.4, 0.5) is 0 Å². The van der Waals surface area contributed by atoms with Crippen molar-refractivity contribution in [3.8, 4) is 0 Å². The van der Waals surface area contributed by atoms with Crippen LogP contribution >= 0.6 is 0 Å². The van der Waals surface area contributed by atoms with Crippen molar-refractivity contribution in [2.45, 2.75) is 71.3 Å². The molecule has 3 heteroatoms. The topological polar surface area (TPSA) is 57.5 Å². The average Bonchev–Trinajstić information content (AvgIpc) is 2.92. The quantitative estimate of drug-likeness (QED) is 0.819. The molecular weight excluding hydrogens is 312 g/mol. The smallest absolute Gasteiger partial charge is 0.184 e. The van der Waals surface area contributed by atoms with Crippen molar-refractivity contribution in [2.75, 3.05) is 6.61 Å². The van der Waals surface area contributed by atoms with Gasteiger partial charge in [0.2, 0.25) is 0 Å². The van der Waals surface area contributed by atoms with E-state index in [2.05, 4.69) is 13.8 Å². The van der Waals surface area contributed by atoms with Crippen molar-refractivity contribution in [3.05, 3.63) is 22.8 Å². The summed E-state index contributed by atoms with van der Waals surface area (Å²) < 4.78 is 0. The SMILES string of the molecule is C[C@@H]1C[C@@H]2C(=C3CC(O)C(=O)C=C31)CC[C@]1(C)[C@H](CCCO)CC[C@@H]21. The third-order valence-corrected chi connectivity index (χ3v) is 8.08. The van der Waals surface area contributed by atoms with Gasteiger partial charge in [-0.2, -0.15) is 0 Å². The zero-order chi connectivity index (χ0) is 17.8. The lowest BCUT2D eigenvalue weighted by Crippen LogP contribution is -2.42. The normalized spacial score (nSPS) is 43.4. The molecule has 2 N–H and O–H groups in total. The Morgan fingerprint density at radius 3 is 2.88 bits per heavy atom. The zero-order valence-electron chi connectivity index (χ0n) is 15.6. The van der Waals surface area contributed by atoms with Crippen molar-refractivity contribution in [3.63, 3.8) is 0 Å². The lowest BCUT2D eigenvalue weighted by atomic mass is 9.54. The van der Waals surface area contributed by atoms with E-state index in [4.69, 9.17) is 0 Å². The van der Waals surface area contributed by atoms with Gasteiger partial charge in [0.1, 0.15) is 6.10 Å². The first-order chi connectivity index (χ1) is 12.0. The van der Waals surface area contributed by atoms with E-state index < -0.39 is 6.10 Å². The number of hydrogen-bond donors (Lipinski definition) is 2. The summed E-state index contributed by atoms with van der Waals surface area (Å²) in [6.07, 6.45) is 9.69. The molecule has 0 aliphatic heterocycles. The summed E-state index contributed by atoms with van der Waals surface area (Å²) in [5.74, 6) is 2.46. The van der Waals surface area contributed by atoms with Crippen LogP contribution in [0, 0.1) is 29.1 Å². The number of carbonyl (C=O) groups is 1. The van der Waals surface area contributed by atoms with Crippen LogP contribution in [-0.2, 0) is 4.79 Å². The maximum absolute atomic E-state index is 12.0. The molecule has 0 spiro atoms. The van der Waals surface area contributed by atoms with E-state index in [9.17, 15) is 15.0 Å². The van der Waals surface area contributed by atoms with E-state index in [1.165, 1.54) is 36.8 Å². The van der Waals surface area contributed by atoms with Gasteiger partial charge in [-0.25, -0.2) is 0 Å². The van der Waals surface area contributed by atoms with Crippen LogP contribution in [0.25, 0.3) is 0 Å². The van der Waals surface area contributed by atoms with E-state index in [1.54, 1.807) is 11.6 Å². The average molecular weight is 344 g/mol. The largest absolute Gasteiger partial charge is 0.396 e. The standard InChI is InChI=1S/C22H32O3/c1-13-10-18-15(17-12-21(25)20(24)11-16(13)17)7-8-22(2)14(4-3-9-23)5-6-19(18)22/h11,13-14,18-19,21,23,25H,3-10,12H2,1-2H3/t13-,14-,18-,19+,21?,22-/m1/s1. The molecule has 0 aromatic carbocycles. The van der Waals surface area contributed by atoms with Gasteiger partial charge >= 0.3 is 0 Å². The molecule has 4 aliphatic rings. The predicted octanol–water partition coefficient (Wildman–Crippen LogP) is 3.80. The van der Waals surface area contributed by atoms with Gasteiger partial charge in [-0.15, -0.1) is 0 Å². The fourth-order valence-corrected chi connectivity index (χ4v) is 6.73. The first kappa shape index (κ1) is 17.5. The molecule has 0 heterocycles. The summed E-state index contributed by atoms with van der Waals surface area (Å²) >= 11 is 0. The highest BCUT2D eigenvalue weighted by Gasteiger charge is 2.53. The van der Waals surface area contributed by atoms with Crippen LogP contribution in [0.5, 0.6) is 0 Å². The number of ketones is 1. The van der Waals surface area contributed by atoms with Crippen molar-refractivity contribution in [1.29, 1.82) is 0 Å². The second-order valence-electron chi connectivity index (χ2n) is 9.22. The molecule has 3 nitrogen and oxygen atoms in total. The predicted molar refractivity (Wildman–Crippen MR) is 97.9 cm³/mol. The Hall–Kier alpha value is -0.930. The summed E-state index contributed by atoms with van der Waals surface area (Å²) in [5, 5.41) is 19.4. The molecule has 0 radical (unpaired) electrons. The van der Waals surface area contributed by atoms with Crippen molar-refractivity contribution in [2.24, 2.45) is 29.1 Å². The Bertz CT molecular complexity index is 631. The molecule has 6 atom stereocenters. The van der Waals surface area contributed by atoms with Gasteiger partial charge in [0.25, 0.3) is 0 Å². The molecular formula is C22H32O3. The molecule has 0 amide bonds. The summed E-state index contributed by atoms with van der Waals surface area (Å²) in [6.45, 7) is 5.08. The second-order valence-corrected chi connectivity index (χ2v) is 9.22. The van der Waals surface area contributed by atoms with Gasteiger partial charge in [0.05, 0.1) is 0 Å². The minimum Gasteiger partial charge on any atom is -0.396 e. The molecule has 4 aliphatic carbocycles. The van der Waals surface area contributed by atoms with Crippen LogP contribution in [0.1, 0.15) is 65.2 Å². The number of aliphatic hydroxyl groups excluding tert-OH is 2. The number of carbonyl (C=O) groups excluding carboxylic acids is 1. The summed E-state index contributed by atoms with van der Waals surface area (Å²) in [4.78, 5) is 12.0. The Balaban J connectivity index is 1.67. The molecule has 138 valence electrons. The van der Waals surface area contributed by atoms with Crippen LogP contribution in [0.2, 0.25) is 0 Å². The Kier molecular flexibility index (Phi) is 4.44. The second kappa shape index (κ2) is 6.35. The number of allylic oxidation sites excluding steroid dienone is 2. The highest BCUT2D eigenvalue weighted by atomic mass is 16.3. The van der Waals surface area contributed by atoms with E-state index in [-0.39, 0.29) is 5.78 Å². The van der Waals surface area contributed by atoms with Gasteiger partial charge < -0.3 is 10.2 Å². The van der Waals surface area contributed by atoms with Gasteiger partial charge in [0, 0.05) is 13.0 Å². The number of hydrogen-bond acceptors (Lipinski definition) is 3. The van der Waals surface area contributed by atoms with E-state index >= 15 is 0 Å². The molecule has 0 saturated heterocycles. The molecule has 1 unspecified atom stereocenters. The summed E-state index contributed by atoms with van der Waals surface area (Å²) in [7, 11) is 0. The summed E-state index contributed by atoms with van der Waals surface area (Å²) in [5.41, 5.74) is 4.53. The minimum absolute atomic E-state index is 0.102. The number of rotatable bonds is 3. The lowest BCUT2D eigenvalue weighted by molar-refractivity contribution is -0.122. The fraction of sp³-hybridized carbons (Fsp3) is 0.773. The first-order valence-corrected chi connectivity index (χ1v) is 10.2. The maximum atomic E-state index is 12.0. The third-order valence-electron chi connectivity index (χ3n) is 8.08. The molecule has 0 aromatic rings. The Labute approximate surface area is 151 Å². The molecule has 2 saturated carbocycles. The first-order valence-electron chi connectivity index (χ1n) is 10.2. The highest BCUT2D eigenvalue weighted by molar-refractivity contribution is 5.96. The fourth-order valence-electron chi connectivity index (χ4n) is 6.73. The lowest BCUT2D eigenvalue weighted by Gasteiger charge is -2.50. The van der Waals surface area contributed by atoms with Gasteiger partial charge in [0.15, 0.2) is 5.78 Å². The molecule has 0 bridgehead atoms. The Morgan fingerprint density at radius 1 is 1.32 bits per heavy atom. The molecule has 2 fully saturated rings. The van der Waals surface area contributed by atoms with Gasteiger partial charge in [-0.05, 0) is 91.3 Å². The van der Waals surface area contributed by atoms with E-state index in [0.717, 1.165) is 31.1 Å².